The molecule has 4 rings (SSSR count). The zero-order valence-corrected chi connectivity index (χ0v) is 16.4. The summed E-state index contributed by atoms with van der Waals surface area (Å²) in [5, 5.41) is 12.5. The van der Waals surface area contributed by atoms with Crippen molar-refractivity contribution >= 4 is 29.2 Å². The summed E-state index contributed by atoms with van der Waals surface area (Å²) >= 11 is 1.79. The Morgan fingerprint density at radius 1 is 1.07 bits per heavy atom. The van der Waals surface area contributed by atoms with E-state index in [4.69, 9.17) is 0 Å². The number of carbonyl (C=O) groups is 1. The van der Waals surface area contributed by atoms with E-state index in [0.717, 1.165) is 35.9 Å². The first kappa shape index (κ1) is 18.3. The minimum absolute atomic E-state index is 0.0690. The quantitative estimate of drug-likeness (QED) is 0.804. The van der Waals surface area contributed by atoms with Crippen molar-refractivity contribution < 1.29 is 4.79 Å². The molecule has 2 aliphatic rings. The summed E-state index contributed by atoms with van der Waals surface area (Å²) in [6, 6.07) is 11.9. The van der Waals surface area contributed by atoms with Gasteiger partial charge in [-0.2, -0.15) is 0 Å². The van der Waals surface area contributed by atoms with Crippen LogP contribution in [0.15, 0.2) is 36.4 Å². The van der Waals surface area contributed by atoms with Gasteiger partial charge in [0.25, 0.3) is 0 Å². The van der Waals surface area contributed by atoms with Gasteiger partial charge in [0, 0.05) is 29.6 Å². The summed E-state index contributed by atoms with van der Waals surface area (Å²) in [6.45, 7) is 2.13. The Morgan fingerprint density at radius 3 is 2.63 bits per heavy atom. The normalized spacial score (nSPS) is 17.4. The molecule has 2 aromatic rings. The second-order valence-corrected chi connectivity index (χ2v) is 8.61. The van der Waals surface area contributed by atoms with Crippen LogP contribution in [0.2, 0.25) is 0 Å². The van der Waals surface area contributed by atoms with E-state index in [1.807, 2.05) is 36.4 Å². The number of hydrogen-bond donors (Lipinski definition) is 1. The number of thioether (sulfide) groups is 1. The van der Waals surface area contributed by atoms with Crippen molar-refractivity contribution in [2.24, 2.45) is 0 Å². The van der Waals surface area contributed by atoms with Gasteiger partial charge in [-0.25, -0.2) is 0 Å². The number of anilines is 2. The van der Waals surface area contributed by atoms with E-state index in [9.17, 15) is 4.79 Å². The first-order valence-corrected chi connectivity index (χ1v) is 10.9. The summed E-state index contributed by atoms with van der Waals surface area (Å²) in [7, 11) is 0. The second kappa shape index (κ2) is 8.74. The van der Waals surface area contributed by atoms with Gasteiger partial charge in [-0.3, -0.25) is 4.79 Å². The van der Waals surface area contributed by atoms with Crippen LogP contribution in [-0.2, 0) is 4.79 Å². The first-order chi connectivity index (χ1) is 13.3. The highest BCUT2D eigenvalue weighted by Gasteiger charge is 2.17. The van der Waals surface area contributed by atoms with Crippen LogP contribution in [0.25, 0.3) is 11.3 Å². The molecule has 0 unspecified atom stereocenters. The molecule has 1 amide bonds. The maximum absolute atomic E-state index is 12.2. The highest BCUT2D eigenvalue weighted by atomic mass is 32.2. The lowest BCUT2D eigenvalue weighted by Crippen LogP contribution is -2.19. The highest BCUT2D eigenvalue weighted by molar-refractivity contribution is 8.00. The number of nitrogens with zero attached hydrogens (tertiary/aromatic N) is 3. The van der Waals surface area contributed by atoms with Crippen LogP contribution in [0, 0.1) is 0 Å². The molecule has 2 heterocycles. The fourth-order valence-electron chi connectivity index (χ4n) is 3.80. The third-order valence-corrected chi connectivity index (χ3v) is 6.65. The van der Waals surface area contributed by atoms with E-state index < -0.39 is 0 Å². The standard InChI is InChI=1S/C21H26N4OS/c26-21(15-27-18-8-1-2-9-18)22-17-7-5-6-16(14-17)19-10-11-20(24-23-19)25-12-3-4-13-25/h5-7,10-11,14,18H,1-4,8-9,12-13,15H2,(H,22,26). The molecule has 1 aliphatic heterocycles. The van der Waals surface area contributed by atoms with Crippen molar-refractivity contribution in [3.05, 3.63) is 36.4 Å². The molecule has 1 aromatic heterocycles. The van der Waals surface area contributed by atoms with Crippen molar-refractivity contribution in [2.45, 2.75) is 43.8 Å². The zero-order chi connectivity index (χ0) is 18.5. The molecule has 1 saturated carbocycles. The van der Waals surface area contributed by atoms with Gasteiger partial charge in [0.15, 0.2) is 5.82 Å². The Kier molecular flexibility index (Phi) is 5.92. The molecule has 0 bridgehead atoms. The molecule has 1 saturated heterocycles. The summed E-state index contributed by atoms with van der Waals surface area (Å²) in [4.78, 5) is 14.5. The molecule has 6 heteroatoms. The Labute approximate surface area is 164 Å². The number of hydrogen-bond acceptors (Lipinski definition) is 5. The molecule has 142 valence electrons. The molecule has 27 heavy (non-hydrogen) atoms. The lowest BCUT2D eigenvalue weighted by Gasteiger charge is -2.15. The molecule has 2 fully saturated rings. The molecular weight excluding hydrogens is 356 g/mol. The minimum atomic E-state index is 0.0690. The Hall–Kier alpha value is -2.08. The van der Waals surface area contributed by atoms with Crippen molar-refractivity contribution in [3.63, 3.8) is 0 Å². The minimum Gasteiger partial charge on any atom is -0.355 e. The maximum Gasteiger partial charge on any atom is 0.234 e. The van der Waals surface area contributed by atoms with E-state index in [0.29, 0.717) is 11.0 Å². The molecule has 0 radical (unpaired) electrons. The van der Waals surface area contributed by atoms with Crippen LogP contribution in [0.4, 0.5) is 11.5 Å². The third kappa shape index (κ3) is 4.80. The molecular formula is C21H26N4OS. The Bertz CT molecular complexity index is 768. The second-order valence-electron chi connectivity index (χ2n) is 7.32. The topological polar surface area (TPSA) is 58.1 Å². The number of rotatable bonds is 6. The van der Waals surface area contributed by atoms with Crippen LogP contribution in [0.5, 0.6) is 0 Å². The maximum atomic E-state index is 12.2. The monoisotopic (exact) mass is 382 g/mol. The van der Waals surface area contributed by atoms with E-state index in [1.54, 1.807) is 11.8 Å². The number of nitrogens with one attached hydrogen (secondary N) is 1. The van der Waals surface area contributed by atoms with E-state index in [1.165, 1.54) is 38.5 Å². The Balaban J connectivity index is 1.37. The van der Waals surface area contributed by atoms with Crippen LogP contribution in [0.3, 0.4) is 0 Å². The number of amides is 1. The van der Waals surface area contributed by atoms with Crippen molar-refractivity contribution in [1.82, 2.24) is 10.2 Å². The Morgan fingerprint density at radius 2 is 1.89 bits per heavy atom. The highest BCUT2D eigenvalue weighted by Crippen LogP contribution is 2.29. The summed E-state index contributed by atoms with van der Waals surface area (Å²) in [5.74, 6) is 1.54. The van der Waals surface area contributed by atoms with Gasteiger partial charge >= 0.3 is 0 Å². The molecule has 1 N–H and O–H groups in total. The molecule has 1 aliphatic carbocycles. The predicted octanol–water partition coefficient (Wildman–Crippen LogP) is 4.36. The fraction of sp³-hybridized carbons (Fsp3) is 0.476. The smallest absolute Gasteiger partial charge is 0.234 e. The van der Waals surface area contributed by atoms with Gasteiger partial charge in [-0.15, -0.1) is 22.0 Å². The summed E-state index contributed by atoms with van der Waals surface area (Å²) < 4.78 is 0. The fourth-order valence-corrected chi connectivity index (χ4v) is 4.92. The van der Waals surface area contributed by atoms with Crippen molar-refractivity contribution in [3.8, 4) is 11.3 Å². The van der Waals surface area contributed by atoms with Gasteiger partial charge in [0.05, 0.1) is 11.4 Å². The number of benzene rings is 1. The molecule has 1 aromatic carbocycles. The van der Waals surface area contributed by atoms with Crippen LogP contribution in [0.1, 0.15) is 38.5 Å². The average Bonchev–Trinajstić information content (AvgIpc) is 3.41. The van der Waals surface area contributed by atoms with Crippen LogP contribution < -0.4 is 10.2 Å². The van der Waals surface area contributed by atoms with Gasteiger partial charge in [0.1, 0.15) is 0 Å². The zero-order valence-electron chi connectivity index (χ0n) is 15.6. The van der Waals surface area contributed by atoms with Gasteiger partial charge in [-0.05, 0) is 49.9 Å². The van der Waals surface area contributed by atoms with Crippen LogP contribution in [-0.4, -0.2) is 40.2 Å². The number of carbonyl (C=O) groups excluding carboxylic acids is 1. The molecule has 0 atom stereocenters. The average molecular weight is 383 g/mol. The summed E-state index contributed by atoms with van der Waals surface area (Å²) in [5.41, 5.74) is 2.61. The SMILES string of the molecule is O=C(CSC1CCCC1)Nc1cccc(-c2ccc(N3CCCC3)nn2)c1. The molecule has 5 nitrogen and oxygen atoms in total. The lowest BCUT2D eigenvalue weighted by molar-refractivity contribution is -0.113. The van der Waals surface area contributed by atoms with E-state index >= 15 is 0 Å². The summed E-state index contributed by atoms with van der Waals surface area (Å²) in [6.07, 6.45) is 7.56. The predicted molar refractivity (Wildman–Crippen MR) is 112 cm³/mol. The molecule has 0 spiro atoms. The van der Waals surface area contributed by atoms with E-state index in [2.05, 4.69) is 20.4 Å². The number of aromatic nitrogens is 2. The van der Waals surface area contributed by atoms with Crippen molar-refractivity contribution in [2.75, 3.05) is 29.1 Å². The van der Waals surface area contributed by atoms with Crippen molar-refractivity contribution in [1.29, 1.82) is 0 Å². The first-order valence-electron chi connectivity index (χ1n) is 9.88. The van der Waals surface area contributed by atoms with E-state index in [-0.39, 0.29) is 5.91 Å². The van der Waals surface area contributed by atoms with Crippen LogP contribution >= 0.6 is 11.8 Å². The largest absolute Gasteiger partial charge is 0.355 e. The third-order valence-electron chi connectivity index (χ3n) is 5.27. The van der Waals surface area contributed by atoms with Gasteiger partial charge in [0.2, 0.25) is 5.91 Å². The lowest BCUT2D eigenvalue weighted by atomic mass is 10.1. The van der Waals surface area contributed by atoms with Gasteiger partial charge in [-0.1, -0.05) is 25.0 Å². The van der Waals surface area contributed by atoms with Gasteiger partial charge < -0.3 is 10.2 Å².